The van der Waals surface area contributed by atoms with Gasteiger partial charge in [0.15, 0.2) is 0 Å². The van der Waals surface area contributed by atoms with Crippen LogP contribution in [0.15, 0.2) is 23.1 Å². The Kier molecular flexibility index (Phi) is 3.31. The monoisotopic (exact) mass is 310 g/mol. The number of Topliss-reactive ketones (excluding diaryl/α,β-unsaturated/α-hetero) is 1. The number of morpholine rings is 1. The molecule has 0 radical (unpaired) electrons. The van der Waals surface area contributed by atoms with Gasteiger partial charge in [-0.25, -0.2) is 8.42 Å². The minimum absolute atomic E-state index is 0.0274. The van der Waals surface area contributed by atoms with Crippen molar-refractivity contribution in [2.24, 2.45) is 0 Å². The number of hydrogen-bond donors (Lipinski definition) is 0. The van der Waals surface area contributed by atoms with E-state index in [4.69, 9.17) is 4.74 Å². The number of rotatable bonds is 2. The number of carbonyl (C=O) groups is 2. The Labute approximate surface area is 122 Å². The van der Waals surface area contributed by atoms with Crippen LogP contribution in [0, 0.1) is 0 Å². The maximum atomic E-state index is 12.5. The average Bonchev–Trinajstić information content (AvgIpc) is 2.72. The molecular formula is C13H14N2O5S. The van der Waals surface area contributed by atoms with Gasteiger partial charge in [0.25, 0.3) is 11.7 Å². The molecule has 2 aliphatic heterocycles. The van der Waals surface area contributed by atoms with Crippen LogP contribution >= 0.6 is 0 Å². The van der Waals surface area contributed by atoms with Crippen LogP contribution in [0.25, 0.3) is 0 Å². The molecule has 0 spiro atoms. The maximum Gasteiger partial charge on any atom is 0.299 e. The molecule has 1 aromatic carbocycles. The highest BCUT2D eigenvalue weighted by molar-refractivity contribution is 7.89. The van der Waals surface area contributed by atoms with Gasteiger partial charge in [-0.05, 0) is 18.2 Å². The molecule has 1 saturated heterocycles. The second-order valence-corrected chi connectivity index (χ2v) is 6.83. The fraction of sp³-hybridized carbons (Fsp3) is 0.385. The van der Waals surface area contributed by atoms with E-state index in [1.165, 1.54) is 34.5 Å². The summed E-state index contributed by atoms with van der Waals surface area (Å²) >= 11 is 0. The average molecular weight is 310 g/mol. The van der Waals surface area contributed by atoms with Crippen LogP contribution in [0.1, 0.15) is 10.4 Å². The first-order chi connectivity index (χ1) is 9.93. The summed E-state index contributed by atoms with van der Waals surface area (Å²) < 4.78 is 31.5. The zero-order valence-corrected chi connectivity index (χ0v) is 12.2. The number of fused-ring (bicyclic) bond motifs is 1. The maximum absolute atomic E-state index is 12.5. The van der Waals surface area contributed by atoms with E-state index >= 15 is 0 Å². The fourth-order valence-corrected chi connectivity index (χ4v) is 3.90. The number of ketones is 1. The van der Waals surface area contributed by atoms with E-state index in [-0.39, 0.29) is 23.5 Å². The van der Waals surface area contributed by atoms with Crippen LogP contribution in [0.4, 0.5) is 5.69 Å². The van der Waals surface area contributed by atoms with Gasteiger partial charge in [0.1, 0.15) is 0 Å². The van der Waals surface area contributed by atoms with Crippen molar-refractivity contribution in [2.75, 3.05) is 38.3 Å². The van der Waals surface area contributed by atoms with E-state index in [0.29, 0.717) is 18.9 Å². The highest BCUT2D eigenvalue weighted by atomic mass is 32.2. The molecule has 1 amide bonds. The Morgan fingerprint density at radius 3 is 2.48 bits per heavy atom. The Balaban J connectivity index is 2.02. The molecule has 1 aromatic rings. The first-order valence-electron chi connectivity index (χ1n) is 6.47. The molecule has 0 N–H and O–H groups in total. The van der Waals surface area contributed by atoms with Gasteiger partial charge in [0.05, 0.1) is 29.4 Å². The summed E-state index contributed by atoms with van der Waals surface area (Å²) in [5, 5.41) is 0. The van der Waals surface area contributed by atoms with Gasteiger partial charge in [-0.2, -0.15) is 4.31 Å². The second-order valence-electron chi connectivity index (χ2n) is 4.89. The molecule has 0 bridgehead atoms. The van der Waals surface area contributed by atoms with Crippen molar-refractivity contribution < 1.29 is 22.7 Å². The van der Waals surface area contributed by atoms with Gasteiger partial charge < -0.3 is 9.64 Å². The summed E-state index contributed by atoms with van der Waals surface area (Å²) in [4.78, 5) is 24.7. The first-order valence-corrected chi connectivity index (χ1v) is 7.91. The van der Waals surface area contributed by atoms with Crippen LogP contribution in [0.2, 0.25) is 0 Å². The molecule has 112 valence electrons. The van der Waals surface area contributed by atoms with Gasteiger partial charge in [-0.1, -0.05) is 0 Å². The summed E-state index contributed by atoms with van der Waals surface area (Å²) in [7, 11) is -2.18. The third kappa shape index (κ3) is 2.15. The van der Waals surface area contributed by atoms with Crippen LogP contribution in [0.5, 0.6) is 0 Å². The van der Waals surface area contributed by atoms with Crippen LogP contribution in [0.3, 0.4) is 0 Å². The molecule has 0 aromatic heterocycles. The number of hydrogen-bond acceptors (Lipinski definition) is 5. The summed E-state index contributed by atoms with van der Waals surface area (Å²) in [6, 6.07) is 4.20. The van der Waals surface area contributed by atoms with Crippen molar-refractivity contribution in [1.29, 1.82) is 0 Å². The van der Waals surface area contributed by atoms with Crippen molar-refractivity contribution in [1.82, 2.24) is 4.31 Å². The van der Waals surface area contributed by atoms with Gasteiger partial charge in [-0.15, -0.1) is 0 Å². The minimum atomic E-state index is -3.67. The zero-order valence-electron chi connectivity index (χ0n) is 11.4. The van der Waals surface area contributed by atoms with Gasteiger partial charge in [0, 0.05) is 20.1 Å². The summed E-state index contributed by atoms with van der Waals surface area (Å²) in [6.45, 7) is 1.27. The third-order valence-corrected chi connectivity index (χ3v) is 5.58. The summed E-state index contributed by atoms with van der Waals surface area (Å²) in [5.74, 6) is -1.32. The number of likely N-dealkylation sites (N-methyl/N-ethyl adjacent to an activating group) is 1. The van der Waals surface area contributed by atoms with Gasteiger partial charge in [0.2, 0.25) is 10.0 Å². The number of benzene rings is 1. The molecule has 0 atom stereocenters. The quantitative estimate of drug-likeness (QED) is 0.710. The lowest BCUT2D eigenvalue weighted by Crippen LogP contribution is -2.40. The smallest absolute Gasteiger partial charge is 0.299 e. The molecule has 21 heavy (non-hydrogen) atoms. The molecule has 1 fully saturated rings. The molecule has 2 heterocycles. The molecule has 2 aliphatic rings. The largest absolute Gasteiger partial charge is 0.379 e. The normalized spacial score (nSPS) is 20.0. The predicted molar refractivity (Wildman–Crippen MR) is 73.8 cm³/mol. The molecule has 0 saturated carbocycles. The van der Waals surface area contributed by atoms with E-state index in [1.54, 1.807) is 0 Å². The van der Waals surface area contributed by atoms with Crippen LogP contribution in [-0.2, 0) is 19.6 Å². The second kappa shape index (κ2) is 4.90. The van der Waals surface area contributed by atoms with Crippen molar-refractivity contribution in [2.45, 2.75) is 4.90 Å². The van der Waals surface area contributed by atoms with Gasteiger partial charge in [-0.3, -0.25) is 9.59 Å². The SMILES string of the molecule is CN1C(=O)C(=O)c2cc(S(=O)(=O)N3CCOCC3)ccc21. The highest BCUT2D eigenvalue weighted by Gasteiger charge is 2.35. The molecule has 0 unspecified atom stereocenters. The van der Waals surface area contributed by atoms with Crippen LogP contribution in [-0.4, -0.2) is 57.8 Å². The van der Waals surface area contributed by atoms with Crippen molar-refractivity contribution in [3.05, 3.63) is 23.8 Å². The van der Waals surface area contributed by atoms with E-state index in [0.717, 1.165) is 0 Å². The number of amides is 1. The lowest BCUT2D eigenvalue weighted by Gasteiger charge is -2.26. The lowest BCUT2D eigenvalue weighted by atomic mass is 10.1. The molecular weight excluding hydrogens is 296 g/mol. The summed E-state index contributed by atoms with van der Waals surface area (Å²) in [6.07, 6.45) is 0. The fourth-order valence-electron chi connectivity index (χ4n) is 2.46. The number of ether oxygens (including phenoxy) is 1. The topological polar surface area (TPSA) is 84.0 Å². The zero-order chi connectivity index (χ0) is 15.2. The predicted octanol–water partition coefficient (Wildman–Crippen LogP) is -0.133. The summed E-state index contributed by atoms with van der Waals surface area (Å²) in [5.41, 5.74) is 0.572. The van der Waals surface area contributed by atoms with Crippen molar-refractivity contribution >= 4 is 27.4 Å². The Morgan fingerprint density at radius 1 is 1.14 bits per heavy atom. The standard InChI is InChI=1S/C13H14N2O5S/c1-14-11-3-2-9(8-10(11)12(16)13(14)17)21(18,19)15-4-6-20-7-5-15/h2-3,8H,4-7H2,1H3. The highest BCUT2D eigenvalue weighted by Crippen LogP contribution is 2.30. The Hall–Kier alpha value is -1.77. The van der Waals surface area contributed by atoms with Gasteiger partial charge >= 0.3 is 0 Å². The van der Waals surface area contributed by atoms with Crippen molar-refractivity contribution in [3.8, 4) is 0 Å². The lowest BCUT2D eigenvalue weighted by molar-refractivity contribution is -0.114. The Bertz CT molecular complexity index is 722. The first kappa shape index (κ1) is 14.2. The van der Waals surface area contributed by atoms with Crippen LogP contribution < -0.4 is 4.90 Å². The molecule has 7 nitrogen and oxygen atoms in total. The number of carbonyl (C=O) groups excluding carboxylic acids is 2. The van der Waals surface area contributed by atoms with Crippen molar-refractivity contribution in [3.63, 3.8) is 0 Å². The third-order valence-electron chi connectivity index (χ3n) is 3.68. The molecule has 3 rings (SSSR count). The number of anilines is 1. The van der Waals surface area contributed by atoms with E-state index < -0.39 is 21.7 Å². The number of nitrogens with zero attached hydrogens (tertiary/aromatic N) is 2. The molecule has 0 aliphatic carbocycles. The van der Waals surface area contributed by atoms with E-state index in [2.05, 4.69) is 0 Å². The molecule has 8 heteroatoms. The van der Waals surface area contributed by atoms with E-state index in [1.807, 2.05) is 0 Å². The number of sulfonamides is 1. The van der Waals surface area contributed by atoms with E-state index in [9.17, 15) is 18.0 Å². The minimum Gasteiger partial charge on any atom is -0.379 e. The Morgan fingerprint density at radius 2 is 1.81 bits per heavy atom.